The lowest BCUT2D eigenvalue weighted by Crippen LogP contribution is -2.05. The van der Waals surface area contributed by atoms with E-state index in [4.69, 9.17) is 14.2 Å². The van der Waals surface area contributed by atoms with E-state index >= 15 is 0 Å². The third-order valence-corrected chi connectivity index (χ3v) is 4.59. The van der Waals surface area contributed by atoms with Gasteiger partial charge in [0.05, 0.1) is 14.2 Å². The van der Waals surface area contributed by atoms with Crippen LogP contribution < -0.4 is 9.47 Å². The van der Waals surface area contributed by atoms with Crippen molar-refractivity contribution in [2.45, 2.75) is 0 Å². The van der Waals surface area contributed by atoms with Crippen LogP contribution in [-0.4, -0.2) is 26.1 Å². The Kier molecular flexibility index (Phi) is 5.12. The highest BCUT2D eigenvalue weighted by molar-refractivity contribution is 6.13. The number of ether oxygens (including phenoxy) is 3. The van der Waals surface area contributed by atoms with Crippen molar-refractivity contribution >= 4 is 17.9 Å². The molecule has 0 unspecified atom stereocenters. The topological polar surface area (TPSA) is 57.1 Å². The zero-order valence-corrected chi connectivity index (χ0v) is 16.1. The van der Waals surface area contributed by atoms with E-state index in [0.29, 0.717) is 17.1 Å². The van der Waals surface area contributed by atoms with Crippen molar-refractivity contribution in [3.8, 4) is 22.6 Å². The van der Waals surface area contributed by atoms with Gasteiger partial charge in [-0.2, -0.15) is 0 Å². The quantitative estimate of drug-likeness (QED) is 0.471. The van der Waals surface area contributed by atoms with E-state index in [2.05, 4.69) is 4.99 Å². The fraction of sp³-hybridized carbons (Fsp3) is 0.0833. The van der Waals surface area contributed by atoms with E-state index in [1.807, 2.05) is 54.6 Å². The largest absolute Gasteiger partial charge is 0.497 e. The first kappa shape index (κ1) is 18.5. The summed E-state index contributed by atoms with van der Waals surface area (Å²) in [6.07, 6.45) is 1.63. The van der Waals surface area contributed by atoms with Gasteiger partial charge >= 0.3 is 5.97 Å². The standard InChI is InChI=1S/C24H19NO4/c1-27-20-12-13-22(28-2)19(14-20)15-21-24(26)29-23(25-21)18-10-8-17(9-11-18)16-6-4-3-5-7-16/h3-15H,1-2H3/b21-15-. The number of nitrogens with zero attached hydrogens (tertiary/aromatic N) is 1. The molecular formula is C24H19NO4. The number of carbonyl (C=O) groups is 1. The summed E-state index contributed by atoms with van der Waals surface area (Å²) in [5, 5.41) is 0. The van der Waals surface area contributed by atoms with Crippen LogP contribution in [0, 0.1) is 0 Å². The second kappa shape index (κ2) is 8.02. The van der Waals surface area contributed by atoms with Gasteiger partial charge in [-0.15, -0.1) is 0 Å². The number of carbonyl (C=O) groups excluding carboxylic acids is 1. The summed E-state index contributed by atoms with van der Waals surface area (Å²) in [5.41, 5.74) is 3.83. The Balaban J connectivity index is 1.63. The molecule has 3 aromatic rings. The van der Waals surface area contributed by atoms with Gasteiger partial charge < -0.3 is 14.2 Å². The summed E-state index contributed by atoms with van der Waals surface area (Å²) < 4.78 is 16.0. The summed E-state index contributed by atoms with van der Waals surface area (Å²) in [4.78, 5) is 16.7. The summed E-state index contributed by atoms with van der Waals surface area (Å²) in [6, 6.07) is 23.2. The van der Waals surface area contributed by atoms with Gasteiger partial charge in [0.15, 0.2) is 5.70 Å². The molecule has 1 aliphatic rings. The predicted molar refractivity (Wildman–Crippen MR) is 112 cm³/mol. The number of benzene rings is 3. The fourth-order valence-electron chi connectivity index (χ4n) is 3.07. The maximum Gasteiger partial charge on any atom is 0.363 e. The average Bonchev–Trinajstić information content (AvgIpc) is 3.14. The van der Waals surface area contributed by atoms with Gasteiger partial charge in [-0.05, 0) is 47.5 Å². The molecule has 0 fully saturated rings. The van der Waals surface area contributed by atoms with Crippen molar-refractivity contribution < 1.29 is 19.0 Å². The van der Waals surface area contributed by atoms with Gasteiger partial charge in [-0.25, -0.2) is 9.79 Å². The molecule has 0 bridgehead atoms. The van der Waals surface area contributed by atoms with E-state index in [0.717, 1.165) is 16.7 Å². The Morgan fingerprint density at radius 2 is 1.52 bits per heavy atom. The smallest absolute Gasteiger partial charge is 0.363 e. The molecule has 4 rings (SSSR count). The zero-order valence-electron chi connectivity index (χ0n) is 16.1. The lowest BCUT2D eigenvalue weighted by molar-refractivity contribution is -0.129. The number of esters is 1. The third-order valence-electron chi connectivity index (χ3n) is 4.59. The molecule has 1 aliphatic heterocycles. The second-order valence-electron chi connectivity index (χ2n) is 6.39. The molecule has 0 atom stereocenters. The average molecular weight is 385 g/mol. The van der Waals surface area contributed by atoms with Crippen LogP contribution in [0.25, 0.3) is 17.2 Å². The van der Waals surface area contributed by atoms with Crippen molar-refractivity contribution in [1.29, 1.82) is 0 Å². The van der Waals surface area contributed by atoms with Crippen LogP contribution in [0.3, 0.4) is 0 Å². The highest BCUT2D eigenvalue weighted by Crippen LogP contribution is 2.28. The second-order valence-corrected chi connectivity index (χ2v) is 6.39. The van der Waals surface area contributed by atoms with E-state index in [9.17, 15) is 4.79 Å². The summed E-state index contributed by atoms with van der Waals surface area (Å²) >= 11 is 0. The van der Waals surface area contributed by atoms with Crippen LogP contribution in [0.15, 0.2) is 83.5 Å². The predicted octanol–water partition coefficient (Wildman–Crippen LogP) is 4.72. The molecule has 0 amide bonds. The zero-order chi connectivity index (χ0) is 20.2. The molecule has 5 nitrogen and oxygen atoms in total. The van der Waals surface area contributed by atoms with Gasteiger partial charge in [0.25, 0.3) is 0 Å². The van der Waals surface area contributed by atoms with Crippen molar-refractivity contribution in [2.24, 2.45) is 4.99 Å². The molecule has 29 heavy (non-hydrogen) atoms. The Labute approximate surface area is 168 Å². The maximum atomic E-state index is 12.3. The highest BCUT2D eigenvalue weighted by Gasteiger charge is 2.24. The number of cyclic esters (lactones) is 1. The molecule has 0 saturated heterocycles. The maximum absolute atomic E-state index is 12.3. The first-order chi connectivity index (χ1) is 14.2. The van der Waals surface area contributed by atoms with Crippen molar-refractivity contribution in [3.05, 3.63) is 89.6 Å². The van der Waals surface area contributed by atoms with Crippen molar-refractivity contribution in [1.82, 2.24) is 0 Å². The molecule has 0 aliphatic carbocycles. The van der Waals surface area contributed by atoms with Gasteiger partial charge in [-0.1, -0.05) is 42.5 Å². The number of rotatable bonds is 5. The third kappa shape index (κ3) is 3.89. The molecule has 144 valence electrons. The molecule has 3 aromatic carbocycles. The van der Waals surface area contributed by atoms with Gasteiger partial charge in [0.2, 0.25) is 5.90 Å². The Bertz CT molecular complexity index is 1100. The monoisotopic (exact) mass is 385 g/mol. The summed E-state index contributed by atoms with van der Waals surface area (Å²) in [5.74, 6) is 1.05. The molecule has 0 aromatic heterocycles. The van der Waals surface area contributed by atoms with Crippen LogP contribution in [0.1, 0.15) is 11.1 Å². The van der Waals surface area contributed by atoms with E-state index in [-0.39, 0.29) is 11.6 Å². The van der Waals surface area contributed by atoms with Crippen LogP contribution >= 0.6 is 0 Å². The molecule has 0 radical (unpaired) electrons. The Morgan fingerprint density at radius 1 is 0.828 bits per heavy atom. The van der Waals surface area contributed by atoms with Gasteiger partial charge in [0, 0.05) is 11.1 Å². The summed E-state index contributed by atoms with van der Waals surface area (Å²) in [7, 11) is 3.15. The Morgan fingerprint density at radius 3 is 2.21 bits per heavy atom. The lowest BCUT2D eigenvalue weighted by Gasteiger charge is -2.07. The van der Waals surface area contributed by atoms with Crippen LogP contribution in [-0.2, 0) is 9.53 Å². The minimum atomic E-state index is -0.503. The van der Waals surface area contributed by atoms with Gasteiger partial charge in [-0.3, -0.25) is 0 Å². The molecule has 0 N–H and O–H groups in total. The first-order valence-corrected chi connectivity index (χ1v) is 9.08. The van der Waals surface area contributed by atoms with E-state index in [1.165, 1.54) is 0 Å². The fourth-order valence-corrected chi connectivity index (χ4v) is 3.07. The molecular weight excluding hydrogens is 366 g/mol. The summed E-state index contributed by atoms with van der Waals surface area (Å²) in [6.45, 7) is 0. The Hall–Kier alpha value is -3.86. The van der Waals surface area contributed by atoms with E-state index in [1.54, 1.807) is 38.5 Å². The number of aliphatic imine (C=N–C) groups is 1. The van der Waals surface area contributed by atoms with Crippen LogP contribution in [0.2, 0.25) is 0 Å². The number of hydrogen-bond acceptors (Lipinski definition) is 5. The lowest BCUT2D eigenvalue weighted by atomic mass is 10.0. The van der Waals surface area contributed by atoms with Crippen LogP contribution in [0.4, 0.5) is 0 Å². The first-order valence-electron chi connectivity index (χ1n) is 9.08. The molecule has 5 heteroatoms. The van der Waals surface area contributed by atoms with Gasteiger partial charge in [0.1, 0.15) is 11.5 Å². The molecule has 1 heterocycles. The highest BCUT2D eigenvalue weighted by atomic mass is 16.6. The van der Waals surface area contributed by atoms with Crippen molar-refractivity contribution in [2.75, 3.05) is 14.2 Å². The van der Waals surface area contributed by atoms with E-state index < -0.39 is 5.97 Å². The minimum absolute atomic E-state index is 0.207. The SMILES string of the molecule is COc1ccc(OC)c(/C=C2\N=C(c3ccc(-c4ccccc4)cc3)OC2=O)c1. The number of hydrogen-bond donors (Lipinski definition) is 0. The minimum Gasteiger partial charge on any atom is -0.497 e. The number of methoxy groups -OCH3 is 2. The molecule has 0 spiro atoms. The molecule has 0 saturated carbocycles. The van der Waals surface area contributed by atoms with Crippen molar-refractivity contribution in [3.63, 3.8) is 0 Å². The normalized spacial score (nSPS) is 14.5. The van der Waals surface area contributed by atoms with Crippen LogP contribution in [0.5, 0.6) is 11.5 Å².